The van der Waals surface area contributed by atoms with Crippen LogP contribution in [0.25, 0.3) is 0 Å². The van der Waals surface area contributed by atoms with Crippen molar-refractivity contribution >= 4 is 11.8 Å². The number of rotatable bonds is 6. The van der Waals surface area contributed by atoms with Gasteiger partial charge in [-0.3, -0.25) is 14.5 Å². The second-order valence-electron chi connectivity index (χ2n) is 7.19. The molecule has 2 aliphatic rings. The Balaban J connectivity index is 1.67. The molecule has 1 aliphatic carbocycles. The van der Waals surface area contributed by atoms with Crippen LogP contribution in [-0.2, 0) is 14.3 Å². The summed E-state index contributed by atoms with van der Waals surface area (Å²) in [5, 5.41) is 3.16. The molecule has 2 fully saturated rings. The first-order valence-corrected chi connectivity index (χ1v) is 9.04. The molecule has 3 N–H and O–H groups in total. The number of carbonyl (C=O) groups excluding carboxylic acids is 2. The molecule has 2 rings (SSSR count). The fourth-order valence-corrected chi connectivity index (χ4v) is 3.49. The van der Waals surface area contributed by atoms with Gasteiger partial charge in [-0.15, -0.1) is 0 Å². The summed E-state index contributed by atoms with van der Waals surface area (Å²) < 4.78 is 4.93. The highest BCUT2D eigenvalue weighted by atomic mass is 16.5. The normalized spacial score (nSPS) is 26.9. The van der Waals surface area contributed by atoms with Crippen molar-refractivity contribution in [3.05, 3.63) is 0 Å². The Morgan fingerprint density at radius 3 is 2.38 bits per heavy atom. The zero-order chi connectivity index (χ0) is 17.5. The number of nitrogens with two attached hydrogens (primary N) is 1. The number of hydrogen-bond donors (Lipinski definition) is 2. The van der Waals surface area contributed by atoms with Crippen molar-refractivity contribution in [3.8, 4) is 0 Å². The standard InChI is InChI=1S/C17H32N4O3/c1-13-3-5-14(6-4-13)19-16(22)11-20-7-9-21(10-8-20)17(23)15(18)12-24-2/h13-15H,3-12,18H2,1-2H3,(H,19,22). The van der Waals surface area contributed by atoms with E-state index in [0.29, 0.717) is 38.8 Å². The molecular weight excluding hydrogens is 308 g/mol. The highest BCUT2D eigenvalue weighted by molar-refractivity contribution is 5.82. The van der Waals surface area contributed by atoms with Crippen LogP contribution >= 0.6 is 0 Å². The fourth-order valence-electron chi connectivity index (χ4n) is 3.49. The molecular formula is C17H32N4O3. The van der Waals surface area contributed by atoms with Crippen LogP contribution in [0.1, 0.15) is 32.6 Å². The van der Waals surface area contributed by atoms with Crippen LogP contribution in [0.15, 0.2) is 0 Å². The number of hydrogen-bond acceptors (Lipinski definition) is 5. The lowest BCUT2D eigenvalue weighted by molar-refractivity contribution is -0.135. The van der Waals surface area contributed by atoms with E-state index < -0.39 is 6.04 Å². The number of ether oxygens (including phenoxy) is 1. The van der Waals surface area contributed by atoms with Gasteiger partial charge < -0.3 is 20.7 Å². The van der Waals surface area contributed by atoms with Crippen LogP contribution in [0.4, 0.5) is 0 Å². The Hall–Kier alpha value is -1.18. The van der Waals surface area contributed by atoms with E-state index in [1.807, 2.05) is 0 Å². The van der Waals surface area contributed by atoms with E-state index in [1.165, 1.54) is 20.0 Å². The predicted molar refractivity (Wildman–Crippen MR) is 92.4 cm³/mol. The Bertz CT molecular complexity index is 416. The number of piperazine rings is 1. The SMILES string of the molecule is COCC(N)C(=O)N1CCN(CC(=O)NC2CCC(C)CC2)CC1. The minimum atomic E-state index is -0.599. The highest BCUT2D eigenvalue weighted by Crippen LogP contribution is 2.23. The Labute approximate surface area is 144 Å². The van der Waals surface area contributed by atoms with Gasteiger partial charge in [0.05, 0.1) is 13.2 Å². The van der Waals surface area contributed by atoms with Gasteiger partial charge in [0.1, 0.15) is 6.04 Å². The van der Waals surface area contributed by atoms with E-state index in [0.717, 1.165) is 18.8 Å². The van der Waals surface area contributed by atoms with Gasteiger partial charge in [-0.05, 0) is 31.6 Å². The van der Waals surface area contributed by atoms with Gasteiger partial charge in [0, 0.05) is 39.3 Å². The largest absolute Gasteiger partial charge is 0.383 e. The molecule has 1 heterocycles. The molecule has 0 bridgehead atoms. The monoisotopic (exact) mass is 340 g/mol. The highest BCUT2D eigenvalue weighted by Gasteiger charge is 2.26. The molecule has 2 amide bonds. The number of carbonyl (C=O) groups is 2. The molecule has 1 saturated heterocycles. The Kier molecular flexibility index (Phi) is 7.45. The Morgan fingerprint density at radius 1 is 1.17 bits per heavy atom. The summed E-state index contributed by atoms with van der Waals surface area (Å²) in [7, 11) is 1.54. The number of nitrogens with one attached hydrogen (secondary N) is 1. The van der Waals surface area contributed by atoms with Crippen molar-refractivity contribution in [1.82, 2.24) is 15.1 Å². The van der Waals surface area contributed by atoms with E-state index in [2.05, 4.69) is 17.1 Å². The summed E-state index contributed by atoms with van der Waals surface area (Å²) in [5.41, 5.74) is 5.79. The molecule has 24 heavy (non-hydrogen) atoms. The van der Waals surface area contributed by atoms with Crippen LogP contribution in [0, 0.1) is 5.92 Å². The maximum absolute atomic E-state index is 12.2. The summed E-state index contributed by atoms with van der Waals surface area (Å²) in [5.74, 6) is 0.816. The molecule has 7 nitrogen and oxygen atoms in total. The smallest absolute Gasteiger partial charge is 0.241 e. The second kappa shape index (κ2) is 9.34. The van der Waals surface area contributed by atoms with Gasteiger partial charge in [-0.2, -0.15) is 0 Å². The van der Waals surface area contributed by atoms with Gasteiger partial charge in [-0.1, -0.05) is 6.92 Å². The lowest BCUT2D eigenvalue weighted by Crippen LogP contribution is -2.55. The number of amides is 2. The molecule has 7 heteroatoms. The topological polar surface area (TPSA) is 87.9 Å². The maximum atomic E-state index is 12.2. The first-order valence-electron chi connectivity index (χ1n) is 9.04. The van der Waals surface area contributed by atoms with Gasteiger partial charge in [-0.25, -0.2) is 0 Å². The molecule has 0 spiro atoms. The first-order chi connectivity index (χ1) is 11.5. The summed E-state index contributed by atoms with van der Waals surface area (Å²) in [6, 6.07) is -0.262. The van der Waals surface area contributed by atoms with Crippen LogP contribution in [-0.4, -0.2) is 80.1 Å². The summed E-state index contributed by atoms with van der Waals surface area (Å²) in [6.07, 6.45) is 4.58. The average Bonchev–Trinajstić information content (AvgIpc) is 2.57. The Morgan fingerprint density at radius 2 is 1.79 bits per heavy atom. The maximum Gasteiger partial charge on any atom is 0.241 e. The van der Waals surface area contributed by atoms with Gasteiger partial charge >= 0.3 is 0 Å². The van der Waals surface area contributed by atoms with Crippen LogP contribution in [0.2, 0.25) is 0 Å². The zero-order valence-electron chi connectivity index (χ0n) is 15.0. The molecule has 138 valence electrons. The van der Waals surface area contributed by atoms with E-state index in [9.17, 15) is 9.59 Å². The van der Waals surface area contributed by atoms with Crippen molar-refractivity contribution in [2.75, 3.05) is 46.4 Å². The van der Waals surface area contributed by atoms with Crippen molar-refractivity contribution in [3.63, 3.8) is 0 Å². The van der Waals surface area contributed by atoms with Gasteiger partial charge in [0.2, 0.25) is 11.8 Å². The summed E-state index contributed by atoms with van der Waals surface area (Å²) in [4.78, 5) is 28.2. The number of methoxy groups -OCH3 is 1. The zero-order valence-corrected chi connectivity index (χ0v) is 15.0. The molecule has 1 aliphatic heterocycles. The lowest BCUT2D eigenvalue weighted by Gasteiger charge is -2.36. The molecule has 0 radical (unpaired) electrons. The predicted octanol–water partition coefficient (Wildman–Crippen LogP) is -0.201. The average molecular weight is 340 g/mol. The summed E-state index contributed by atoms with van der Waals surface area (Å²) in [6.45, 7) is 5.58. The van der Waals surface area contributed by atoms with E-state index in [-0.39, 0.29) is 18.4 Å². The first kappa shape index (κ1) is 19.1. The summed E-state index contributed by atoms with van der Waals surface area (Å²) >= 11 is 0. The van der Waals surface area contributed by atoms with Crippen LogP contribution < -0.4 is 11.1 Å². The third-order valence-corrected chi connectivity index (χ3v) is 5.10. The third kappa shape index (κ3) is 5.72. The van der Waals surface area contributed by atoms with Crippen molar-refractivity contribution in [2.24, 2.45) is 11.7 Å². The molecule has 0 aromatic carbocycles. The molecule has 1 saturated carbocycles. The molecule has 1 atom stereocenters. The third-order valence-electron chi connectivity index (χ3n) is 5.10. The minimum Gasteiger partial charge on any atom is -0.383 e. The molecule has 1 unspecified atom stereocenters. The minimum absolute atomic E-state index is 0.0720. The van der Waals surface area contributed by atoms with Crippen LogP contribution in [0.5, 0.6) is 0 Å². The van der Waals surface area contributed by atoms with Crippen molar-refractivity contribution in [2.45, 2.75) is 44.7 Å². The van der Waals surface area contributed by atoms with Gasteiger partial charge in [0.15, 0.2) is 0 Å². The van der Waals surface area contributed by atoms with E-state index in [4.69, 9.17) is 10.5 Å². The quantitative estimate of drug-likeness (QED) is 0.699. The molecule has 0 aromatic rings. The van der Waals surface area contributed by atoms with Crippen molar-refractivity contribution in [1.29, 1.82) is 0 Å². The number of nitrogens with zero attached hydrogens (tertiary/aromatic N) is 2. The molecule has 0 aromatic heterocycles. The van der Waals surface area contributed by atoms with E-state index >= 15 is 0 Å². The van der Waals surface area contributed by atoms with Crippen molar-refractivity contribution < 1.29 is 14.3 Å². The fraction of sp³-hybridized carbons (Fsp3) is 0.882. The second-order valence-corrected chi connectivity index (χ2v) is 7.19. The van der Waals surface area contributed by atoms with Crippen LogP contribution in [0.3, 0.4) is 0 Å². The van der Waals surface area contributed by atoms with E-state index in [1.54, 1.807) is 4.90 Å². The van der Waals surface area contributed by atoms with Gasteiger partial charge in [0.25, 0.3) is 0 Å². The lowest BCUT2D eigenvalue weighted by atomic mass is 9.87.